The summed E-state index contributed by atoms with van der Waals surface area (Å²) in [6.07, 6.45) is 3.97. The summed E-state index contributed by atoms with van der Waals surface area (Å²) in [4.78, 5) is 0. The molecule has 0 radical (unpaired) electrons. The molecule has 0 saturated carbocycles. The van der Waals surface area contributed by atoms with E-state index in [0.29, 0.717) is 0 Å². The second-order valence-electron chi connectivity index (χ2n) is 5.96. The number of nitrogens with one attached hydrogen (secondary N) is 1. The standard InChI is InChI=1S/C19H23N3O/c1-13(15-11-20-22(3)12-15)21-14(2)16-9-10-19(23-4)18-8-6-5-7-17(16)18/h5-14,21H,1-4H3/t13-,14+/m1/s1. The van der Waals surface area contributed by atoms with Crippen LogP contribution in [0.1, 0.15) is 37.1 Å². The molecule has 0 aliphatic heterocycles. The number of methoxy groups -OCH3 is 1. The van der Waals surface area contributed by atoms with Gasteiger partial charge in [0, 0.05) is 36.3 Å². The van der Waals surface area contributed by atoms with Crippen LogP contribution in [0.3, 0.4) is 0 Å². The van der Waals surface area contributed by atoms with Crippen LogP contribution < -0.4 is 10.1 Å². The van der Waals surface area contributed by atoms with E-state index < -0.39 is 0 Å². The van der Waals surface area contributed by atoms with Crippen molar-refractivity contribution in [1.82, 2.24) is 15.1 Å². The first-order chi connectivity index (χ1) is 11.1. The summed E-state index contributed by atoms with van der Waals surface area (Å²) in [7, 11) is 3.66. The fraction of sp³-hybridized carbons (Fsp3) is 0.316. The highest BCUT2D eigenvalue weighted by Crippen LogP contribution is 2.32. The Labute approximate surface area is 137 Å². The van der Waals surface area contributed by atoms with Crippen molar-refractivity contribution in [2.75, 3.05) is 7.11 Å². The van der Waals surface area contributed by atoms with E-state index in [9.17, 15) is 0 Å². The van der Waals surface area contributed by atoms with Crippen LogP contribution >= 0.6 is 0 Å². The summed E-state index contributed by atoms with van der Waals surface area (Å²) >= 11 is 0. The van der Waals surface area contributed by atoms with Gasteiger partial charge in [0.05, 0.1) is 13.3 Å². The highest BCUT2D eigenvalue weighted by atomic mass is 16.5. The van der Waals surface area contributed by atoms with Gasteiger partial charge < -0.3 is 10.1 Å². The van der Waals surface area contributed by atoms with E-state index in [1.807, 2.05) is 30.1 Å². The second kappa shape index (κ2) is 6.42. The van der Waals surface area contributed by atoms with Gasteiger partial charge in [-0.3, -0.25) is 4.68 Å². The molecule has 0 fully saturated rings. The highest BCUT2D eigenvalue weighted by molar-refractivity contribution is 5.91. The average molecular weight is 309 g/mol. The van der Waals surface area contributed by atoms with Gasteiger partial charge in [-0.15, -0.1) is 0 Å². The molecule has 3 rings (SSSR count). The Kier molecular flexibility index (Phi) is 4.35. The molecule has 1 N–H and O–H groups in total. The van der Waals surface area contributed by atoms with Crippen LogP contribution in [-0.2, 0) is 7.05 Å². The lowest BCUT2D eigenvalue weighted by molar-refractivity contribution is 0.419. The maximum Gasteiger partial charge on any atom is 0.126 e. The Bertz CT molecular complexity index is 809. The third-order valence-electron chi connectivity index (χ3n) is 4.33. The van der Waals surface area contributed by atoms with Crippen LogP contribution in [0.5, 0.6) is 5.75 Å². The smallest absolute Gasteiger partial charge is 0.126 e. The largest absolute Gasteiger partial charge is 0.496 e. The zero-order valence-corrected chi connectivity index (χ0v) is 14.1. The molecule has 0 unspecified atom stereocenters. The number of fused-ring (bicyclic) bond motifs is 1. The summed E-state index contributed by atoms with van der Waals surface area (Å²) in [5.74, 6) is 0.914. The van der Waals surface area contributed by atoms with Crippen LogP contribution in [0.25, 0.3) is 10.8 Å². The van der Waals surface area contributed by atoms with Crippen molar-refractivity contribution < 1.29 is 4.74 Å². The molecule has 1 heterocycles. The first-order valence-corrected chi connectivity index (χ1v) is 7.90. The van der Waals surface area contributed by atoms with Crippen LogP contribution in [0.15, 0.2) is 48.8 Å². The number of aryl methyl sites for hydroxylation is 1. The summed E-state index contributed by atoms with van der Waals surface area (Å²) in [5.41, 5.74) is 2.47. The molecule has 2 aromatic carbocycles. The molecular weight excluding hydrogens is 286 g/mol. The molecular formula is C19H23N3O. The quantitative estimate of drug-likeness (QED) is 0.774. The Morgan fingerprint density at radius 1 is 1.04 bits per heavy atom. The van der Waals surface area contributed by atoms with Gasteiger partial charge in [0.2, 0.25) is 0 Å². The van der Waals surface area contributed by atoms with Gasteiger partial charge in [0.25, 0.3) is 0 Å². The molecule has 4 heteroatoms. The molecule has 2 atom stereocenters. The van der Waals surface area contributed by atoms with Crippen molar-refractivity contribution in [3.8, 4) is 5.75 Å². The van der Waals surface area contributed by atoms with E-state index in [1.54, 1.807) is 7.11 Å². The maximum atomic E-state index is 5.48. The molecule has 23 heavy (non-hydrogen) atoms. The van der Waals surface area contributed by atoms with Crippen LogP contribution in [0.4, 0.5) is 0 Å². The molecule has 0 aliphatic rings. The molecule has 4 nitrogen and oxygen atoms in total. The predicted octanol–water partition coefficient (Wildman–Crippen LogP) is 3.99. The van der Waals surface area contributed by atoms with Crippen molar-refractivity contribution in [1.29, 1.82) is 0 Å². The van der Waals surface area contributed by atoms with Gasteiger partial charge in [-0.1, -0.05) is 30.3 Å². The minimum atomic E-state index is 0.223. The zero-order valence-electron chi connectivity index (χ0n) is 14.1. The number of benzene rings is 2. The molecule has 1 aromatic heterocycles. The maximum absolute atomic E-state index is 5.48. The van der Waals surface area contributed by atoms with Crippen molar-refractivity contribution >= 4 is 10.8 Å². The van der Waals surface area contributed by atoms with Gasteiger partial charge in [-0.05, 0) is 30.9 Å². The zero-order chi connectivity index (χ0) is 16.4. The Morgan fingerprint density at radius 2 is 1.78 bits per heavy atom. The van der Waals surface area contributed by atoms with Gasteiger partial charge in [-0.25, -0.2) is 0 Å². The molecule has 120 valence electrons. The fourth-order valence-corrected chi connectivity index (χ4v) is 3.08. The normalized spacial score (nSPS) is 13.9. The lowest BCUT2D eigenvalue weighted by Crippen LogP contribution is -2.22. The average Bonchev–Trinajstić information content (AvgIpc) is 3.00. The van der Waals surface area contributed by atoms with Crippen molar-refractivity contribution in [3.05, 3.63) is 59.9 Å². The van der Waals surface area contributed by atoms with Crippen molar-refractivity contribution in [2.45, 2.75) is 25.9 Å². The lowest BCUT2D eigenvalue weighted by atomic mass is 9.98. The fourth-order valence-electron chi connectivity index (χ4n) is 3.08. The molecule has 0 amide bonds. The molecule has 0 spiro atoms. The molecule has 0 aliphatic carbocycles. The number of hydrogen-bond donors (Lipinski definition) is 1. The van der Waals surface area contributed by atoms with Crippen LogP contribution in [0, 0.1) is 0 Å². The van der Waals surface area contributed by atoms with E-state index in [1.165, 1.54) is 16.5 Å². The molecule has 0 saturated heterocycles. The Balaban J connectivity index is 1.90. The number of ether oxygens (including phenoxy) is 1. The minimum Gasteiger partial charge on any atom is -0.496 e. The van der Waals surface area contributed by atoms with E-state index in [-0.39, 0.29) is 12.1 Å². The molecule has 0 bridgehead atoms. The van der Waals surface area contributed by atoms with Gasteiger partial charge >= 0.3 is 0 Å². The lowest BCUT2D eigenvalue weighted by Gasteiger charge is -2.21. The van der Waals surface area contributed by atoms with E-state index in [0.717, 1.165) is 11.1 Å². The first kappa shape index (κ1) is 15.6. The number of aromatic nitrogens is 2. The topological polar surface area (TPSA) is 39.1 Å². The predicted molar refractivity (Wildman–Crippen MR) is 93.7 cm³/mol. The van der Waals surface area contributed by atoms with Gasteiger partial charge in [0.15, 0.2) is 0 Å². The number of nitrogens with zero attached hydrogens (tertiary/aromatic N) is 2. The van der Waals surface area contributed by atoms with Crippen molar-refractivity contribution in [3.63, 3.8) is 0 Å². The first-order valence-electron chi connectivity index (χ1n) is 7.90. The van der Waals surface area contributed by atoms with Gasteiger partial charge in [-0.2, -0.15) is 5.10 Å². The number of hydrogen-bond acceptors (Lipinski definition) is 3. The number of rotatable bonds is 5. The second-order valence-corrected chi connectivity index (χ2v) is 5.96. The summed E-state index contributed by atoms with van der Waals surface area (Å²) < 4.78 is 7.32. The summed E-state index contributed by atoms with van der Waals surface area (Å²) in [5, 5.41) is 10.3. The summed E-state index contributed by atoms with van der Waals surface area (Å²) in [6.45, 7) is 4.36. The Morgan fingerprint density at radius 3 is 2.43 bits per heavy atom. The monoisotopic (exact) mass is 309 g/mol. The van der Waals surface area contributed by atoms with Crippen molar-refractivity contribution in [2.24, 2.45) is 7.05 Å². The minimum absolute atomic E-state index is 0.223. The van der Waals surface area contributed by atoms with E-state index >= 15 is 0 Å². The van der Waals surface area contributed by atoms with E-state index in [2.05, 4.69) is 54.7 Å². The van der Waals surface area contributed by atoms with Gasteiger partial charge in [0.1, 0.15) is 5.75 Å². The van der Waals surface area contributed by atoms with E-state index in [4.69, 9.17) is 4.74 Å². The third kappa shape index (κ3) is 3.08. The highest BCUT2D eigenvalue weighted by Gasteiger charge is 2.15. The van der Waals surface area contributed by atoms with Crippen LogP contribution in [-0.4, -0.2) is 16.9 Å². The summed E-state index contributed by atoms with van der Waals surface area (Å²) in [6, 6.07) is 13.0. The molecule has 3 aromatic rings. The third-order valence-corrected chi connectivity index (χ3v) is 4.33. The van der Waals surface area contributed by atoms with Crippen LogP contribution in [0.2, 0.25) is 0 Å². The Hall–Kier alpha value is -2.33. The SMILES string of the molecule is COc1ccc([C@H](C)N[C@H](C)c2cnn(C)c2)c2ccccc12.